The van der Waals surface area contributed by atoms with E-state index in [0.29, 0.717) is 12.0 Å². The Kier molecular flexibility index (Phi) is 15.1. The maximum Gasteiger partial charge on any atom is 0.408 e. The standard InChI is InChI=1S/C24H38N7O10P/c1-3-8-19(29-24(35)41-14-17-9-5-4-6-10-17)22(34)30(31(36)37)20(11-7-12-27-23(25)26)21(33)28-16(2)13-18(32)15-42(38,39)40/h4-6,9-10,16,19-20H,3,7-8,11-15H2,1-2H3,(H,28,33)(H,29,35)(H4,25,26,27)(H2,38,39,40)/t16-,19+,20+/m1/s1. The molecule has 0 radical (unpaired) electrons. The van der Waals surface area contributed by atoms with Crippen LogP contribution < -0.4 is 22.1 Å². The van der Waals surface area contributed by atoms with Gasteiger partial charge in [-0.3, -0.25) is 23.9 Å². The number of ketones is 1. The van der Waals surface area contributed by atoms with Crippen molar-refractivity contribution in [2.75, 3.05) is 12.7 Å². The molecule has 1 rings (SSSR count). The number of hydrogen-bond donors (Lipinski definition) is 6. The van der Waals surface area contributed by atoms with E-state index >= 15 is 0 Å². The number of guanidine groups is 1. The smallest absolute Gasteiger partial charge is 0.408 e. The fraction of sp³-hybridized carbons (Fsp3) is 0.542. The molecule has 0 aromatic heterocycles. The quantitative estimate of drug-likeness (QED) is 0.0322. The van der Waals surface area contributed by atoms with E-state index in [9.17, 15) is 33.9 Å². The highest BCUT2D eigenvalue weighted by atomic mass is 31.2. The third-order valence-corrected chi connectivity index (χ3v) is 6.38. The van der Waals surface area contributed by atoms with Gasteiger partial charge in [0.05, 0.1) is 0 Å². The highest BCUT2D eigenvalue weighted by Crippen LogP contribution is 2.34. The molecule has 0 fully saturated rings. The first-order valence-corrected chi connectivity index (χ1v) is 14.8. The molecule has 1 aromatic carbocycles. The van der Waals surface area contributed by atoms with Crippen molar-refractivity contribution < 1.29 is 43.3 Å². The second-order valence-corrected chi connectivity index (χ2v) is 11.1. The van der Waals surface area contributed by atoms with Crippen molar-refractivity contribution in [2.45, 2.75) is 70.7 Å². The summed E-state index contributed by atoms with van der Waals surface area (Å²) in [6, 6.07) is 4.55. The van der Waals surface area contributed by atoms with Crippen LogP contribution in [0.2, 0.25) is 0 Å². The number of carbonyl (C=O) groups excluding carboxylic acids is 4. The van der Waals surface area contributed by atoms with Crippen LogP contribution in [0.3, 0.4) is 0 Å². The Morgan fingerprint density at radius 3 is 2.33 bits per heavy atom. The van der Waals surface area contributed by atoms with Gasteiger partial charge < -0.3 is 36.6 Å². The molecule has 234 valence electrons. The monoisotopic (exact) mass is 615 g/mol. The van der Waals surface area contributed by atoms with Gasteiger partial charge in [-0.2, -0.15) is 0 Å². The summed E-state index contributed by atoms with van der Waals surface area (Å²) in [5, 5.41) is 15.9. The molecule has 0 saturated heterocycles. The predicted octanol–water partition coefficient (Wildman–Crippen LogP) is 0.166. The number of nitrogens with two attached hydrogens (primary N) is 2. The number of nitrogens with one attached hydrogen (secondary N) is 2. The first kappa shape index (κ1) is 35.9. The van der Waals surface area contributed by atoms with Crippen molar-refractivity contribution in [3.63, 3.8) is 0 Å². The van der Waals surface area contributed by atoms with Gasteiger partial charge in [-0.25, -0.2) is 14.9 Å². The number of rotatable bonds is 18. The average Bonchev–Trinajstić information content (AvgIpc) is 2.87. The molecule has 0 unspecified atom stereocenters. The minimum absolute atomic E-state index is 0.0147. The van der Waals surface area contributed by atoms with E-state index in [0.717, 1.165) is 0 Å². The molecular formula is C24H38N7O10P. The number of carbonyl (C=O) groups is 4. The summed E-state index contributed by atoms with van der Waals surface area (Å²) < 4.78 is 16.2. The third-order valence-electron chi connectivity index (χ3n) is 5.61. The topological polar surface area (TPSA) is 270 Å². The lowest BCUT2D eigenvalue weighted by molar-refractivity contribution is -0.640. The minimum atomic E-state index is -4.63. The molecule has 42 heavy (non-hydrogen) atoms. The molecule has 1 aromatic rings. The van der Waals surface area contributed by atoms with Crippen LogP contribution in [0.15, 0.2) is 35.3 Å². The van der Waals surface area contributed by atoms with E-state index in [1.165, 1.54) is 6.92 Å². The lowest BCUT2D eigenvalue weighted by Gasteiger charge is -2.27. The van der Waals surface area contributed by atoms with Crippen molar-refractivity contribution in [1.82, 2.24) is 15.6 Å². The van der Waals surface area contributed by atoms with E-state index in [1.807, 2.05) is 0 Å². The summed E-state index contributed by atoms with van der Waals surface area (Å²) in [5.41, 5.74) is 11.3. The molecule has 17 nitrogen and oxygen atoms in total. The second-order valence-electron chi connectivity index (χ2n) is 9.41. The number of amides is 3. The van der Waals surface area contributed by atoms with Crippen LogP contribution in [-0.4, -0.2) is 80.3 Å². The van der Waals surface area contributed by atoms with E-state index in [4.69, 9.17) is 26.0 Å². The van der Waals surface area contributed by atoms with Crippen LogP contribution in [0.5, 0.6) is 0 Å². The maximum absolute atomic E-state index is 13.4. The van der Waals surface area contributed by atoms with Gasteiger partial charge in [0, 0.05) is 19.0 Å². The summed E-state index contributed by atoms with van der Waals surface area (Å²) in [6.45, 7) is 2.90. The second kappa shape index (κ2) is 17.7. The number of alkyl carbamates (subject to hydrolysis) is 1. The van der Waals surface area contributed by atoms with Gasteiger partial charge in [0.15, 0.2) is 17.0 Å². The van der Waals surface area contributed by atoms with Crippen LogP contribution in [0.1, 0.15) is 51.5 Å². The minimum Gasteiger partial charge on any atom is -0.445 e. The van der Waals surface area contributed by atoms with Crippen molar-refractivity contribution in [3.05, 3.63) is 46.0 Å². The van der Waals surface area contributed by atoms with Gasteiger partial charge in [0.1, 0.15) is 24.6 Å². The van der Waals surface area contributed by atoms with Crippen molar-refractivity contribution in [3.8, 4) is 0 Å². The van der Waals surface area contributed by atoms with Gasteiger partial charge in [0.2, 0.25) is 5.91 Å². The van der Waals surface area contributed by atoms with E-state index in [1.54, 1.807) is 37.3 Å². The Hall–Kier alpha value is -4.08. The summed E-state index contributed by atoms with van der Waals surface area (Å²) >= 11 is 0. The molecule has 0 saturated carbocycles. The Labute approximate surface area is 242 Å². The van der Waals surface area contributed by atoms with Crippen LogP contribution >= 0.6 is 7.60 Å². The van der Waals surface area contributed by atoms with Crippen molar-refractivity contribution >= 4 is 37.2 Å². The number of ether oxygens (including phenoxy) is 1. The van der Waals surface area contributed by atoms with Crippen LogP contribution in [0.25, 0.3) is 0 Å². The molecule has 0 aliphatic heterocycles. The molecule has 3 amide bonds. The van der Waals surface area contributed by atoms with Gasteiger partial charge in [-0.1, -0.05) is 43.7 Å². The van der Waals surface area contributed by atoms with E-state index in [-0.39, 0.29) is 43.4 Å². The fourth-order valence-electron chi connectivity index (χ4n) is 3.84. The molecule has 18 heteroatoms. The zero-order valence-corrected chi connectivity index (χ0v) is 24.3. The zero-order chi connectivity index (χ0) is 31.9. The zero-order valence-electron chi connectivity index (χ0n) is 23.4. The summed E-state index contributed by atoms with van der Waals surface area (Å²) in [5.74, 6) is -3.30. The predicted molar refractivity (Wildman–Crippen MR) is 150 cm³/mol. The SMILES string of the molecule is CCC[C@H](NC(=O)OCc1ccccc1)C(=O)N([C@@H](CCCN=C(N)N)C(=O)N[C@H](C)CC(=O)CP(=O)(O)O)[N+](=O)[O-]. The van der Waals surface area contributed by atoms with Crippen LogP contribution in [0.4, 0.5) is 4.79 Å². The highest BCUT2D eigenvalue weighted by Gasteiger charge is 2.42. The van der Waals surface area contributed by atoms with Gasteiger partial charge in [-0.15, -0.1) is 0 Å². The Balaban J connectivity index is 3.14. The highest BCUT2D eigenvalue weighted by molar-refractivity contribution is 7.52. The van der Waals surface area contributed by atoms with Gasteiger partial charge in [-0.05, 0) is 36.8 Å². The Morgan fingerprint density at radius 1 is 1.14 bits per heavy atom. The molecule has 0 bridgehead atoms. The third kappa shape index (κ3) is 14.0. The Morgan fingerprint density at radius 2 is 1.79 bits per heavy atom. The lowest BCUT2D eigenvalue weighted by Crippen LogP contribution is -2.58. The molecule has 8 N–H and O–H groups in total. The van der Waals surface area contributed by atoms with E-state index < -0.39 is 67.0 Å². The van der Waals surface area contributed by atoms with E-state index in [2.05, 4.69) is 15.6 Å². The summed E-state index contributed by atoms with van der Waals surface area (Å²) in [6.07, 6.45) is -2.45. The lowest BCUT2D eigenvalue weighted by atomic mass is 10.1. The number of benzene rings is 1. The number of hydrazine groups is 1. The summed E-state index contributed by atoms with van der Waals surface area (Å²) in [7, 11) is -4.63. The molecular weight excluding hydrogens is 577 g/mol. The fourth-order valence-corrected chi connectivity index (χ4v) is 4.43. The van der Waals surface area contributed by atoms with Gasteiger partial charge in [0.25, 0.3) is 0 Å². The molecule has 0 aliphatic carbocycles. The normalized spacial score (nSPS) is 13.1. The van der Waals surface area contributed by atoms with Gasteiger partial charge >= 0.3 is 19.6 Å². The number of nitrogens with zero attached hydrogens (tertiary/aromatic N) is 3. The first-order valence-electron chi connectivity index (χ1n) is 13.0. The molecule has 3 atom stereocenters. The number of hydrogen-bond acceptors (Lipinski definition) is 9. The number of Topliss-reactive ketones (excluding diaryl/α,β-unsaturated/α-hetero) is 1. The van der Waals surface area contributed by atoms with Crippen molar-refractivity contribution in [1.29, 1.82) is 0 Å². The average molecular weight is 616 g/mol. The summed E-state index contributed by atoms with van der Waals surface area (Å²) in [4.78, 5) is 84.9. The van der Waals surface area contributed by atoms with Crippen LogP contribution in [-0.2, 0) is 30.3 Å². The van der Waals surface area contributed by atoms with Crippen molar-refractivity contribution in [2.24, 2.45) is 16.5 Å². The maximum atomic E-state index is 13.4. The molecule has 0 aliphatic rings. The largest absolute Gasteiger partial charge is 0.445 e. The van der Waals surface area contributed by atoms with Crippen LogP contribution in [0, 0.1) is 10.1 Å². The number of nitro groups is 1. The molecule has 0 spiro atoms. The first-order chi connectivity index (χ1) is 19.6. The number of aliphatic imine (C=N–C) groups is 1. The Bertz CT molecular complexity index is 1160. The molecule has 0 heterocycles.